The summed E-state index contributed by atoms with van der Waals surface area (Å²) in [6.07, 6.45) is 5.57. The minimum atomic E-state index is -1.41. The highest BCUT2D eigenvalue weighted by Gasteiger charge is 2.43. The number of piperidine rings is 1. The van der Waals surface area contributed by atoms with Crippen molar-refractivity contribution in [1.82, 2.24) is 10.2 Å². The maximum atomic E-state index is 15.6. The second kappa shape index (κ2) is 15.0. The van der Waals surface area contributed by atoms with Crippen LogP contribution in [0.1, 0.15) is 69.4 Å². The molecule has 0 bridgehead atoms. The summed E-state index contributed by atoms with van der Waals surface area (Å²) in [5, 5.41) is 15.2. The van der Waals surface area contributed by atoms with Gasteiger partial charge in [0.2, 0.25) is 5.91 Å². The van der Waals surface area contributed by atoms with Gasteiger partial charge in [-0.05, 0) is 74.2 Å². The van der Waals surface area contributed by atoms with Gasteiger partial charge in [-0.15, -0.1) is 0 Å². The lowest BCUT2D eigenvalue weighted by Crippen LogP contribution is -2.48. The molecule has 1 saturated heterocycles. The van der Waals surface area contributed by atoms with Crippen LogP contribution in [0, 0.1) is 11.7 Å². The van der Waals surface area contributed by atoms with E-state index >= 15 is 4.39 Å². The number of carbonyl (C=O) groups is 2. The number of ether oxygens (including phenoxy) is 1. The van der Waals surface area contributed by atoms with Gasteiger partial charge in [-0.2, -0.15) is 0 Å². The number of benzene rings is 2. The summed E-state index contributed by atoms with van der Waals surface area (Å²) < 4.78 is 20.2. The molecule has 1 aliphatic heterocycles. The van der Waals surface area contributed by atoms with Crippen molar-refractivity contribution in [2.75, 3.05) is 33.3 Å². The average molecular weight is 542 g/mol. The van der Waals surface area contributed by atoms with E-state index < -0.39 is 17.5 Å². The van der Waals surface area contributed by atoms with E-state index in [4.69, 9.17) is 5.73 Å². The SMILES string of the molecule is CCc1cccc(-c2c(F)cccc2[C@](O)(CCCNC(=O)OC)[C@@H]2CCCN(C(=O)CCCCCN)C2)c1. The normalized spacial score (nSPS) is 16.9. The number of likely N-dealkylation sites (tertiary alicyclic amines) is 1. The molecule has 1 heterocycles. The number of aryl methyl sites for hydroxylation is 1. The fraction of sp³-hybridized carbons (Fsp3) is 0.548. The molecule has 1 fully saturated rings. The third kappa shape index (κ3) is 8.02. The monoisotopic (exact) mass is 541 g/mol. The number of nitrogens with two attached hydrogens (primary N) is 1. The number of aliphatic hydroxyl groups is 1. The Kier molecular flexibility index (Phi) is 11.7. The van der Waals surface area contributed by atoms with E-state index in [1.54, 1.807) is 12.1 Å². The molecule has 0 radical (unpaired) electrons. The maximum Gasteiger partial charge on any atom is 0.406 e. The van der Waals surface area contributed by atoms with Crippen molar-refractivity contribution in [3.8, 4) is 11.1 Å². The second-order valence-corrected chi connectivity index (χ2v) is 10.4. The van der Waals surface area contributed by atoms with Crippen molar-refractivity contribution < 1.29 is 23.8 Å². The Morgan fingerprint density at radius 1 is 1.18 bits per heavy atom. The first kappa shape index (κ1) is 30.6. The largest absolute Gasteiger partial charge is 0.453 e. The Morgan fingerprint density at radius 3 is 2.72 bits per heavy atom. The van der Waals surface area contributed by atoms with Crippen LogP contribution < -0.4 is 11.1 Å². The summed E-state index contributed by atoms with van der Waals surface area (Å²) in [4.78, 5) is 26.5. The molecule has 3 rings (SSSR count). The molecule has 8 heteroatoms. The molecule has 2 aromatic rings. The molecule has 2 aromatic carbocycles. The molecule has 2 atom stereocenters. The minimum Gasteiger partial charge on any atom is -0.453 e. The number of hydrogen-bond donors (Lipinski definition) is 3. The first-order chi connectivity index (χ1) is 18.8. The molecule has 214 valence electrons. The number of rotatable bonds is 13. The summed E-state index contributed by atoms with van der Waals surface area (Å²) in [5.41, 5.74) is 6.89. The third-order valence-corrected chi connectivity index (χ3v) is 7.84. The number of nitrogens with zero attached hydrogens (tertiary/aromatic N) is 1. The van der Waals surface area contributed by atoms with Crippen molar-refractivity contribution in [3.63, 3.8) is 0 Å². The van der Waals surface area contributed by atoms with Crippen molar-refractivity contribution in [2.45, 2.75) is 70.3 Å². The molecule has 2 amide bonds. The molecule has 39 heavy (non-hydrogen) atoms. The van der Waals surface area contributed by atoms with Crippen LogP contribution in [0.3, 0.4) is 0 Å². The molecule has 4 N–H and O–H groups in total. The van der Waals surface area contributed by atoms with Gasteiger partial charge in [0.25, 0.3) is 0 Å². The molecule has 1 aliphatic rings. The van der Waals surface area contributed by atoms with Gasteiger partial charge in [0, 0.05) is 37.5 Å². The molecule has 0 aliphatic carbocycles. The van der Waals surface area contributed by atoms with Crippen molar-refractivity contribution in [2.24, 2.45) is 11.7 Å². The Labute approximate surface area is 231 Å². The first-order valence-corrected chi connectivity index (χ1v) is 14.2. The van der Waals surface area contributed by atoms with Gasteiger partial charge in [-0.25, -0.2) is 9.18 Å². The summed E-state index contributed by atoms with van der Waals surface area (Å²) in [6, 6.07) is 12.6. The van der Waals surface area contributed by atoms with Crippen LogP contribution >= 0.6 is 0 Å². The van der Waals surface area contributed by atoms with E-state index in [0.29, 0.717) is 63.0 Å². The predicted octanol–water partition coefficient (Wildman–Crippen LogP) is 5.14. The molecular formula is C31H44FN3O4. The summed E-state index contributed by atoms with van der Waals surface area (Å²) in [6.45, 7) is 4.04. The van der Waals surface area contributed by atoms with Crippen molar-refractivity contribution in [1.29, 1.82) is 0 Å². The number of nitrogens with one attached hydrogen (secondary N) is 1. The molecule has 7 nitrogen and oxygen atoms in total. The van der Waals surface area contributed by atoms with Gasteiger partial charge in [0.1, 0.15) is 5.82 Å². The van der Waals surface area contributed by atoms with Crippen LogP contribution in [0.2, 0.25) is 0 Å². The van der Waals surface area contributed by atoms with E-state index in [0.717, 1.165) is 43.2 Å². The topological polar surface area (TPSA) is 105 Å². The Hall–Kier alpha value is -2.97. The zero-order chi connectivity index (χ0) is 28.3. The van der Waals surface area contributed by atoms with Crippen LogP contribution in [-0.4, -0.2) is 55.3 Å². The molecule has 0 saturated carbocycles. The zero-order valence-corrected chi connectivity index (χ0v) is 23.4. The third-order valence-electron chi connectivity index (χ3n) is 7.84. The Morgan fingerprint density at radius 2 is 1.97 bits per heavy atom. The predicted molar refractivity (Wildman–Crippen MR) is 152 cm³/mol. The van der Waals surface area contributed by atoms with Gasteiger partial charge in [0.15, 0.2) is 0 Å². The molecule has 0 aromatic heterocycles. The van der Waals surface area contributed by atoms with Gasteiger partial charge in [0.05, 0.1) is 12.7 Å². The highest BCUT2D eigenvalue weighted by molar-refractivity contribution is 5.76. The van der Waals surface area contributed by atoms with Crippen molar-refractivity contribution >= 4 is 12.0 Å². The van der Waals surface area contributed by atoms with E-state index in [2.05, 4.69) is 17.0 Å². The van der Waals surface area contributed by atoms with Crippen LogP contribution in [-0.2, 0) is 21.6 Å². The van der Waals surface area contributed by atoms with E-state index in [9.17, 15) is 14.7 Å². The zero-order valence-electron chi connectivity index (χ0n) is 23.4. The highest BCUT2D eigenvalue weighted by atomic mass is 19.1. The van der Waals surface area contributed by atoms with Gasteiger partial charge in [-0.1, -0.05) is 49.7 Å². The highest BCUT2D eigenvalue weighted by Crippen LogP contribution is 2.44. The fourth-order valence-corrected chi connectivity index (χ4v) is 5.65. The molecule has 0 unspecified atom stereocenters. The maximum absolute atomic E-state index is 15.6. The van der Waals surface area contributed by atoms with Crippen LogP contribution in [0.4, 0.5) is 9.18 Å². The number of carbonyl (C=O) groups excluding carboxylic acids is 2. The fourth-order valence-electron chi connectivity index (χ4n) is 5.65. The lowest BCUT2D eigenvalue weighted by Gasteiger charge is -2.43. The number of hydrogen-bond acceptors (Lipinski definition) is 5. The average Bonchev–Trinajstić information content (AvgIpc) is 2.97. The van der Waals surface area contributed by atoms with E-state index in [1.807, 2.05) is 29.2 Å². The second-order valence-electron chi connectivity index (χ2n) is 10.4. The Bertz CT molecular complexity index is 1100. The van der Waals surface area contributed by atoms with E-state index in [1.165, 1.54) is 13.2 Å². The van der Waals surface area contributed by atoms with Crippen LogP contribution in [0.25, 0.3) is 11.1 Å². The van der Waals surface area contributed by atoms with Gasteiger partial charge < -0.3 is 25.8 Å². The smallest absolute Gasteiger partial charge is 0.406 e. The minimum absolute atomic E-state index is 0.0848. The van der Waals surface area contributed by atoms with Gasteiger partial charge >= 0.3 is 6.09 Å². The molecule has 0 spiro atoms. The number of amides is 2. The van der Waals surface area contributed by atoms with Crippen LogP contribution in [0.15, 0.2) is 42.5 Å². The lowest BCUT2D eigenvalue weighted by molar-refractivity contribution is -0.136. The number of halogens is 1. The summed E-state index contributed by atoms with van der Waals surface area (Å²) in [5.74, 6) is -0.593. The summed E-state index contributed by atoms with van der Waals surface area (Å²) >= 11 is 0. The summed E-state index contributed by atoms with van der Waals surface area (Å²) in [7, 11) is 1.30. The first-order valence-electron chi connectivity index (χ1n) is 14.2. The standard InChI is InChI=1S/C31H44FN3O4/c1-3-23-11-7-12-24(21-23)29-26(14-8-15-27(29)32)31(38,17-10-19-34-30(37)39-2)25-13-9-20-35(22-25)28(36)16-5-4-6-18-33/h7-8,11-12,14-15,21,25,38H,3-6,9-10,13,16-20,22,33H2,1-2H3,(H,34,37)/t25-,31+/m1/s1. The van der Waals surface area contributed by atoms with E-state index in [-0.39, 0.29) is 11.8 Å². The van der Waals surface area contributed by atoms with Crippen molar-refractivity contribution in [3.05, 3.63) is 59.4 Å². The molecular weight excluding hydrogens is 497 g/mol. The number of methoxy groups -OCH3 is 1. The quantitative estimate of drug-likeness (QED) is 0.305. The van der Waals surface area contributed by atoms with Crippen LogP contribution in [0.5, 0.6) is 0 Å². The number of alkyl carbamates (subject to hydrolysis) is 1. The Balaban J connectivity index is 1.95. The van der Waals surface area contributed by atoms with Gasteiger partial charge in [-0.3, -0.25) is 4.79 Å². The lowest BCUT2D eigenvalue weighted by atomic mass is 9.72. The number of unbranched alkanes of at least 4 members (excludes halogenated alkanes) is 2.